The molecule has 1 fully saturated rings. The Morgan fingerprint density at radius 2 is 1.64 bits per heavy atom. The van der Waals surface area contributed by atoms with Crippen molar-refractivity contribution in [1.82, 2.24) is 15.5 Å². The molecule has 196 valence electrons. The number of nitrogens with zero attached hydrogens (tertiary/aromatic N) is 2. The summed E-state index contributed by atoms with van der Waals surface area (Å²) in [5.74, 6) is 0.490. The zero-order valence-electron chi connectivity index (χ0n) is 19.8. The average Bonchev–Trinajstić information content (AvgIpc) is 3.45. The van der Waals surface area contributed by atoms with E-state index in [9.17, 15) is 26.3 Å². The van der Waals surface area contributed by atoms with Crippen molar-refractivity contribution >= 4 is 11.1 Å². The zero-order chi connectivity index (χ0) is 26.1. The number of rotatable bonds is 8. The molecule has 5 nitrogen and oxygen atoms in total. The van der Waals surface area contributed by atoms with Crippen LogP contribution in [0.5, 0.6) is 0 Å². The van der Waals surface area contributed by atoms with E-state index in [4.69, 9.17) is 10.3 Å². The van der Waals surface area contributed by atoms with Crippen molar-refractivity contribution in [3.05, 3.63) is 57.9 Å². The Kier molecular flexibility index (Phi) is 7.61. The van der Waals surface area contributed by atoms with Crippen molar-refractivity contribution in [2.75, 3.05) is 6.54 Å². The lowest BCUT2D eigenvalue weighted by atomic mass is 9.88. The largest absolute Gasteiger partial charge is 0.416 e. The summed E-state index contributed by atoms with van der Waals surface area (Å²) >= 11 is 0. The van der Waals surface area contributed by atoms with E-state index < -0.39 is 23.5 Å². The average molecular weight is 515 g/mol. The molecule has 36 heavy (non-hydrogen) atoms. The van der Waals surface area contributed by atoms with Gasteiger partial charge in [-0.25, -0.2) is 4.98 Å². The van der Waals surface area contributed by atoms with E-state index in [1.165, 1.54) is 12.8 Å². The van der Waals surface area contributed by atoms with E-state index in [1.807, 2.05) is 6.07 Å². The van der Waals surface area contributed by atoms with Crippen LogP contribution < -0.4 is 11.1 Å². The van der Waals surface area contributed by atoms with Gasteiger partial charge in [-0.2, -0.15) is 26.3 Å². The molecule has 1 aliphatic rings. The molecule has 0 amide bonds. The zero-order valence-corrected chi connectivity index (χ0v) is 19.8. The van der Waals surface area contributed by atoms with Gasteiger partial charge in [0.15, 0.2) is 0 Å². The number of alkyl halides is 6. The molecule has 1 aromatic carbocycles. The summed E-state index contributed by atoms with van der Waals surface area (Å²) in [6.07, 6.45) is -4.30. The van der Waals surface area contributed by atoms with Crippen LogP contribution in [0.1, 0.15) is 71.7 Å². The van der Waals surface area contributed by atoms with E-state index >= 15 is 0 Å². The second-order valence-electron chi connectivity index (χ2n) is 9.49. The minimum Gasteiger partial charge on any atom is -0.336 e. The monoisotopic (exact) mass is 514 g/mol. The summed E-state index contributed by atoms with van der Waals surface area (Å²) in [5.41, 5.74) is 5.84. The fourth-order valence-corrected chi connectivity index (χ4v) is 4.97. The maximum Gasteiger partial charge on any atom is 0.416 e. The smallest absolute Gasteiger partial charge is 0.336 e. The number of nitrogens with one attached hydrogen (secondary N) is 1. The fourth-order valence-electron chi connectivity index (χ4n) is 4.97. The van der Waals surface area contributed by atoms with Crippen molar-refractivity contribution in [2.24, 2.45) is 11.7 Å². The maximum atomic E-state index is 13.2. The SMILES string of the molecule is Cc1noc2nc(C(CN)CC3CCCC3)c(CNCc3cc(C(F)(F)F)cc(C(F)(F)F)c3)cc12. The highest BCUT2D eigenvalue weighted by molar-refractivity contribution is 5.76. The molecule has 1 saturated carbocycles. The molecule has 0 aliphatic heterocycles. The molecule has 0 spiro atoms. The molecule has 0 radical (unpaired) electrons. The minimum atomic E-state index is -4.89. The number of hydrogen-bond acceptors (Lipinski definition) is 5. The number of pyridine rings is 1. The Bertz CT molecular complexity index is 1170. The van der Waals surface area contributed by atoms with E-state index in [1.54, 1.807) is 6.92 Å². The molecular weight excluding hydrogens is 486 g/mol. The van der Waals surface area contributed by atoms with E-state index in [2.05, 4.69) is 15.5 Å². The van der Waals surface area contributed by atoms with Crippen LogP contribution >= 0.6 is 0 Å². The lowest BCUT2D eigenvalue weighted by Gasteiger charge is -2.21. The molecule has 1 atom stereocenters. The Morgan fingerprint density at radius 3 is 2.22 bits per heavy atom. The first-order chi connectivity index (χ1) is 17.0. The quantitative estimate of drug-likeness (QED) is 0.337. The summed E-state index contributed by atoms with van der Waals surface area (Å²) in [6, 6.07) is 3.46. The van der Waals surface area contributed by atoms with Gasteiger partial charge in [-0.1, -0.05) is 30.8 Å². The molecule has 2 heterocycles. The summed E-state index contributed by atoms with van der Waals surface area (Å²) in [7, 11) is 0. The summed E-state index contributed by atoms with van der Waals surface area (Å²) in [6.45, 7) is 2.12. The van der Waals surface area contributed by atoms with Crippen LogP contribution in [0.25, 0.3) is 11.1 Å². The topological polar surface area (TPSA) is 77.0 Å². The predicted octanol–water partition coefficient (Wildman–Crippen LogP) is 6.48. The highest BCUT2D eigenvalue weighted by Gasteiger charge is 2.36. The number of aryl methyl sites for hydroxylation is 1. The Hall–Kier alpha value is -2.66. The van der Waals surface area contributed by atoms with Gasteiger partial charge in [0.2, 0.25) is 0 Å². The number of nitrogens with two attached hydrogens (primary N) is 1. The first kappa shape index (κ1) is 26.4. The third kappa shape index (κ3) is 6.00. The maximum absolute atomic E-state index is 13.2. The van der Waals surface area contributed by atoms with Crippen molar-refractivity contribution in [3.63, 3.8) is 0 Å². The van der Waals surface area contributed by atoms with E-state index in [0.29, 0.717) is 29.3 Å². The summed E-state index contributed by atoms with van der Waals surface area (Å²) in [5, 5.41) is 7.66. The van der Waals surface area contributed by atoms with E-state index in [-0.39, 0.29) is 30.6 Å². The van der Waals surface area contributed by atoms with Crippen molar-refractivity contribution in [1.29, 1.82) is 0 Å². The first-order valence-corrected chi connectivity index (χ1v) is 11.9. The fraction of sp³-hybridized carbons (Fsp3) is 0.520. The van der Waals surface area contributed by atoms with Gasteiger partial charge >= 0.3 is 12.4 Å². The lowest BCUT2D eigenvalue weighted by Crippen LogP contribution is -2.21. The van der Waals surface area contributed by atoms with Gasteiger partial charge in [-0.15, -0.1) is 0 Å². The van der Waals surface area contributed by atoms with Crippen molar-refractivity contribution in [2.45, 2.75) is 70.4 Å². The van der Waals surface area contributed by atoms with E-state index in [0.717, 1.165) is 42.7 Å². The number of aromatic nitrogens is 2. The Balaban J connectivity index is 1.59. The summed E-state index contributed by atoms with van der Waals surface area (Å²) in [4.78, 5) is 4.68. The highest BCUT2D eigenvalue weighted by atomic mass is 19.4. The number of fused-ring (bicyclic) bond motifs is 1. The number of halogens is 6. The molecular formula is C25H28F6N4O. The van der Waals surface area contributed by atoms with Crippen LogP contribution in [0.4, 0.5) is 26.3 Å². The van der Waals surface area contributed by atoms with Gasteiger partial charge in [0.1, 0.15) is 0 Å². The molecule has 4 rings (SSSR count). The second kappa shape index (κ2) is 10.4. The van der Waals surface area contributed by atoms with Gasteiger partial charge in [-0.05, 0) is 54.7 Å². The molecule has 0 bridgehead atoms. The van der Waals surface area contributed by atoms with Crippen LogP contribution in [-0.4, -0.2) is 16.7 Å². The molecule has 1 aliphatic carbocycles. The van der Waals surface area contributed by atoms with Crippen LogP contribution in [0.15, 0.2) is 28.8 Å². The Labute approximate surface area is 204 Å². The normalized spacial score (nSPS) is 16.2. The Morgan fingerprint density at radius 1 is 1.00 bits per heavy atom. The standard InChI is InChI=1S/C25H28F6N4O/c1-14-21-9-18(22(34-23(21)36-35-14)17(11-32)6-15-4-2-3-5-15)13-33-12-16-7-19(24(26,27)28)10-20(8-16)25(29,30)31/h7-10,15,17,33H,2-6,11-13,32H2,1H3. The molecule has 3 N–H and O–H groups in total. The van der Waals surface area contributed by atoms with Gasteiger partial charge in [0.05, 0.1) is 27.9 Å². The lowest BCUT2D eigenvalue weighted by molar-refractivity contribution is -0.143. The molecule has 3 aromatic rings. The van der Waals surface area contributed by atoms with Crippen LogP contribution in [-0.2, 0) is 25.4 Å². The molecule has 0 saturated heterocycles. The van der Waals surface area contributed by atoms with Gasteiger partial charge in [0, 0.05) is 25.6 Å². The first-order valence-electron chi connectivity index (χ1n) is 11.9. The second-order valence-corrected chi connectivity index (χ2v) is 9.49. The molecule has 11 heteroatoms. The van der Waals surface area contributed by atoms with Gasteiger partial charge < -0.3 is 15.6 Å². The van der Waals surface area contributed by atoms with Crippen LogP contribution in [0, 0.1) is 12.8 Å². The predicted molar refractivity (Wildman–Crippen MR) is 122 cm³/mol. The van der Waals surface area contributed by atoms with Crippen LogP contribution in [0.3, 0.4) is 0 Å². The molecule has 1 unspecified atom stereocenters. The minimum absolute atomic E-state index is 0.0508. The molecule has 2 aromatic heterocycles. The third-order valence-corrected chi connectivity index (χ3v) is 6.81. The van der Waals surface area contributed by atoms with Gasteiger partial charge in [-0.3, -0.25) is 0 Å². The highest BCUT2D eigenvalue weighted by Crippen LogP contribution is 2.37. The van der Waals surface area contributed by atoms with Crippen LogP contribution in [0.2, 0.25) is 0 Å². The third-order valence-electron chi connectivity index (χ3n) is 6.81. The number of hydrogen-bond donors (Lipinski definition) is 2. The van der Waals surface area contributed by atoms with Gasteiger partial charge in [0.25, 0.3) is 5.71 Å². The van der Waals surface area contributed by atoms with Crippen molar-refractivity contribution < 1.29 is 30.9 Å². The van der Waals surface area contributed by atoms with Crippen molar-refractivity contribution in [3.8, 4) is 0 Å². The summed E-state index contributed by atoms with van der Waals surface area (Å²) < 4.78 is 84.6. The number of benzene rings is 1.